The van der Waals surface area contributed by atoms with E-state index < -0.39 is 30.4 Å². The number of aryl methyl sites for hydroxylation is 2. The molecule has 0 bridgehead atoms. The number of benzene rings is 1. The molecule has 0 unspecified atom stereocenters. The average Bonchev–Trinajstić information content (AvgIpc) is 2.95. The predicted octanol–water partition coefficient (Wildman–Crippen LogP) is 3.02. The van der Waals surface area contributed by atoms with E-state index in [4.69, 9.17) is 9.47 Å². The number of anilines is 1. The molecule has 0 fully saturated rings. The highest BCUT2D eigenvalue weighted by molar-refractivity contribution is 7.17. The number of rotatable bonds is 7. The Kier molecular flexibility index (Phi) is 7.99. The minimum Gasteiger partial charge on any atom is -0.465 e. The molecule has 8 nitrogen and oxygen atoms in total. The van der Waals surface area contributed by atoms with Crippen LogP contribution in [0.2, 0.25) is 0 Å². The van der Waals surface area contributed by atoms with Crippen molar-refractivity contribution < 1.29 is 28.7 Å². The van der Waals surface area contributed by atoms with Crippen LogP contribution < -0.4 is 10.6 Å². The third-order valence-corrected chi connectivity index (χ3v) is 6.34. The molecule has 1 aliphatic carbocycles. The van der Waals surface area contributed by atoms with Gasteiger partial charge in [-0.25, -0.2) is 4.79 Å². The number of fused-ring (bicyclic) bond motifs is 1. The number of methoxy groups -OCH3 is 1. The van der Waals surface area contributed by atoms with Crippen LogP contribution in [0.15, 0.2) is 24.3 Å². The van der Waals surface area contributed by atoms with Gasteiger partial charge in [-0.2, -0.15) is 0 Å². The zero-order valence-corrected chi connectivity index (χ0v) is 18.9. The zero-order chi connectivity index (χ0) is 23.1. The van der Waals surface area contributed by atoms with E-state index >= 15 is 0 Å². The number of hydrogen-bond donors (Lipinski definition) is 2. The maximum absolute atomic E-state index is 12.3. The monoisotopic (exact) mass is 458 g/mol. The SMILES string of the molecule is COC(=O)c1c(NC(=O)COC(=O)CNC(=O)c2ccc(C)cc2)sc2c1CCCCC2. The molecule has 1 aromatic carbocycles. The van der Waals surface area contributed by atoms with Crippen molar-refractivity contribution in [2.75, 3.05) is 25.6 Å². The topological polar surface area (TPSA) is 111 Å². The quantitative estimate of drug-likeness (QED) is 0.487. The van der Waals surface area contributed by atoms with Crippen LogP contribution in [-0.4, -0.2) is 44.0 Å². The Hall–Kier alpha value is -3.20. The Bertz CT molecular complexity index is 1010. The highest BCUT2D eigenvalue weighted by atomic mass is 32.1. The van der Waals surface area contributed by atoms with Crippen molar-refractivity contribution in [1.82, 2.24) is 5.32 Å². The Morgan fingerprint density at radius 3 is 2.47 bits per heavy atom. The third-order valence-electron chi connectivity index (χ3n) is 5.14. The van der Waals surface area contributed by atoms with Crippen LogP contribution >= 0.6 is 11.3 Å². The van der Waals surface area contributed by atoms with Crippen LogP contribution in [0.25, 0.3) is 0 Å². The van der Waals surface area contributed by atoms with Gasteiger partial charge in [-0.15, -0.1) is 11.3 Å². The minimum atomic E-state index is -0.740. The number of carbonyl (C=O) groups excluding carboxylic acids is 4. The zero-order valence-electron chi connectivity index (χ0n) is 18.1. The molecule has 0 saturated heterocycles. The van der Waals surface area contributed by atoms with Crippen molar-refractivity contribution in [1.29, 1.82) is 0 Å². The second kappa shape index (κ2) is 10.9. The van der Waals surface area contributed by atoms with Crippen molar-refractivity contribution >= 4 is 40.1 Å². The van der Waals surface area contributed by atoms with Crippen LogP contribution in [0, 0.1) is 6.92 Å². The largest absolute Gasteiger partial charge is 0.465 e. The van der Waals surface area contributed by atoms with Crippen LogP contribution in [0.3, 0.4) is 0 Å². The minimum absolute atomic E-state index is 0.360. The summed E-state index contributed by atoms with van der Waals surface area (Å²) in [6.45, 7) is 1.02. The number of amides is 2. The number of ether oxygens (including phenoxy) is 2. The number of esters is 2. The Balaban J connectivity index is 1.53. The highest BCUT2D eigenvalue weighted by Gasteiger charge is 2.26. The molecule has 3 rings (SSSR count). The van der Waals surface area contributed by atoms with E-state index in [9.17, 15) is 19.2 Å². The van der Waals surface area contributed by atoms with Crippen LogP contribution in [0.5, 0.6) is 0 Å². The summed E-state index contributed by atoms with van der Waals surface area (Å²) in [5.41, 5.74) is 2.77. The van der Waals surface area contributed by atoms with Gasteiger partial charge in [0.25, 0.3) is 11.8 Å². The molecular formula is C23H26N2O6S. The van der Waals surface area contributed by atoms with E-state index in [1.165, 1.54) is 18.4 Å². The summed E-state index contributed by atoms with van der Waals surface area (Å²) in [4.78, 5) is 49.7. The Morgan fingerprint density at radius 2 is 1.75 bits per heavy atom. The molecule has 1 heterocycles. The highest BCUT2D eigenvalue weighted by Crippen LogP contribution is 2.37. The second-order valence-electron chi connectivity index (χ2n) is 7.52. The summed E-state index contributed by atoms with van der Waals surface area (Å²) in [6, 6.07) is 6.91. The van der Waals surface area contributed by atoms with Gasteiger partial charge in [0.1, 0.15) is 11.5 Å². The summed E-state index contributed by atoms with van der Waals surface area (Å²) in [5, 5.41) is 5.54. The molecule has 1 aromatic heterocycles. The number of carbonyl (C=O) groups is 4. The second-order valence-corrected chi connectivity index (χ2v) is 8.62. The molecule has 1 aliphatic rings. The van der Waals surface area contributed by atoms with Crippen LogP contribution in [0.4, 0.5) is 5.00 Å². The van der Waals surface area contributed by atoms with E-state index in [-0.39, 0.29) is 6.54 Å². The molecular weight excluding hydrogens is 432 g/mol. The lowest BCUT2D eigenvalue weighted by atomic mass is 10.1. The van der Waals surface area contributed by atoms with Crippen molar-refractivity contribution in [3.05, 3.63) is 51.4 Å². The number of hydrogen-bond acceptors (Lipinski definition) is 7. The first-order chi connectivity index (χ1) is 15.4. The van der Waals surface area contributed by atoms with E-state index in [1.54, 1.807) is 24.3 Å². The molecule has 0 radical (unpaired) electrons. The van der Waals surface area contributed by atoms with Crippen molar-refractivity contribution in [3.8, 4) is 0 Å². The first-order valence-corrected chi connectivity index (χ1v) is 11.2. The van der Waals surface area contributed by atoms with Gasteiger partial charge in [-0.1, -0.05) is 24.1 Å². The predicted molar refractivity (Wildman–Crippen MR) is 120 cm³/mol. The van der Waals surface area contributed by atoms with Gasteiger partial charge in [0, 0.05) is 10.4 Å². The average molecular weight is 459 g/mol. The molecule has 2 N–H and O–H groups in total. The van der Waals surface area contributed by atoms with Crippen LogP contribution in [-0.2, 0) is 31.9 Å². The van der Waals surface area contributed by atoms with Gasteiger partial charge >= 0.3 is 11.9 Å². The van der Waals surface area contributed by atoms with Crippen molar-refractivity contribution in [2.24, 2.45) is 0 Å². The van der Waals surface area contributed by atoms with E-state index in [2.05, 4.69) is 10.6 Å². The fourth-order valence-corrected chi connectivity index (χ4v) is 4.76. The Morgan fingerprint density at radius 1 is 1.03 bits per heavy atom. The summed E-state index contributed by atoms with van der Waals surface area (Å²) in [5.74, 6) is -2.20. The molecule has 0 spiro atoms. The van der Waals surface area contributed by atoms with E-state index in [1.807, 2.05) is 6.92 Å². The first kappa shape index (κ1) is 23.5. The lowest BCUT2D eigenvalue weighted by Crippen LogP contribution is -2.32. The maximum Gasteiger partial charge on any atom is 0.341 e. The van der Waals surface area contributed by atoms with Gasteiger partial charge in [-0.3, -0.25) is 14.4 Å². The fourth-order valence-electron chi connectivity index (χ4n) is 3.47. The van der Waals surface area contributed by atoms with Crippen LogP contribution in [0.1, 0.15) is 56.0 Å². The summed E-state index contributed by atoms with van der Waals surface area (Å²) in [7, 11) is 1.31. The van der Waals surface area contributed by atoms with Gasteiger partial charge < -0.3 is 20.1 Å². The normalized spacial score (nSPS) is 12.8. The molecule has 0 aliphatic heterocycles. The number of nitrogens with one attached hydrogen (secondary N) is 2. The van der Waals surface area contributed by atoms with E-state index in [0.29, 0.717) is 16.1 Å². The van der Waals surface area contributed by atoms with Crippen molar-refractivity contribution in [3.63, 3.8) is 0 Å². The molecule has 2 aromatic rings. The summed E-state index contributed by atoms with van der Waals surface area (Å²) >= 11 is 1.36. The molecule has 2 amide bonds. The standard InChI is InChI=1S/C23H26N2O6S/c1-14-8-10-15(11-9-14)21(28)24-12-19(27)31-13-18(26)25-22-20(23(29)30-2)16-6-4-3-5-7-17(16)32-22/h8-11H,3-7,12-13H2,1-2H3,(H,24,28)(H,25,26). The third kappa shape index (κ3) is 5.94. The first-order valence-electron chi connectivity index (χ1n) is 10.4. The van der Waals surface area contributed by atoms with E-state index in [0.717, 1.165) is 48.1 Å². The number of thiophene rings is 1. The molecule has 0 atom stereocenters. The molecule has 0 saturated carbocycles. The summed E-state index contributed by atoms with van der Waals surface area (Å²) in [6.07, 6.45) is 4.73. The smallest absolute Gasteiger partial charge is 0.341 e. The fraction of sp³-hybridized carbons (Fsp3) is 0.391. The Labute approximate surface area is 190 Å². The molecule has 170 valence electrons. The van der Waals surface area contributed by atoms with Gasteiger partial charge in [0.15, 0.2) is 6.61 Å². The van der Waals surface area contributed by atoms with Gasteiger partial charge in [0.05, 0.1) is 12.7 Å². The lowest BCUT2D eigenvalue weighted by molar-refractivity contribution is -0.146. The lowest BCUT2D eigenvalue weighted by Gasteiger charge is -2.09. The molecule has 32 heavy (non-hydrogen) atoms. The van der Waals surface area contributed by atoms with Gasteiger partial charge in [0.2, 0.25) is 0 Å². The molecule has 9 heteroatoms. The van der Waals surface area contributed by atoms with Gasteiger partial charge in [-0.05, 0) is 50.3 Å². The maximum atomic E-state index is 12.3. The van der Waals surface area contributed by atoms with Crippen molar-refractivity contribution in [2.45, 2.75) is 39.0 Å². The summed E-state index contributed by atoms with van der Waals surface area (Å²) < 4.78 is 9.86.